The number of hydrogen-bond donors (Lipinski definition) is 1. The maximum absolute atomic E-state index is 12.5. The molecule has 3 rings (SSSR count). The lowest BCUT2D eigenvalue weighted by atomic mass is 10.0. The summed E-state index contributed by atoms with van der Waals surface area (Å²) in [5.74, 6) is 2.29. The number of hydrogen-bond acceptors (Lipinski definition) is 3. The monoisotopic (exact) mass is 288 g/mol. The van der Waals surface area contributed by atoms with Gasteiger partial charge in [-0.3, -0.25) is 4.79 Å². The quantitative estimate of drug-likeness (QED) is 0.844. The Labute approximate surface area is 126 Å². The van der Waals surface area contributed by atoms with Crippen LogP contribution in [0.1, 0.15) is 30.1 Å². The first-order valence-corrected chi connectivity index (χ1v) is 8.00. The number of amides is 1. The zero-order valence-corrected chi connectivity index (χ0v) is 12.7. The summed E-state index contributed by atoms with van der Waals surface area (Å²) in [6, 6.07) is 7.58. The van der Waals surface area contributed by atoms with Gasteiger partial charge >= 0.3 is 0 Å². The topological polar surface area (TPSA) is 41.6 Å². The largest absolute Gasteiger partial charge is 0.494 e. The van der Waals surface area contributed by atoms with E-state index in [0.717, 1.165) is 56.9 Å². The summed E-state index contributed by atoms with van der Waals surface area (Å²) in [6.45, 7) is 6.78. The lowest BCUT2D eigenvalue weighted by Crippen LogP contribution is -2.31. The van der Waals surface area contributed by atoms with Gasteiger partial charge in [-0.15, -0.1) is 0 Å². The molecule has 0 unspecified atom stereocenters. The number of nitrogens with zero attached hydrogens (tertiary/aromatic N) is 1. The predicted molar refractivity (Wildman–Crippen MR) is 82.6 cm³/mol. The summed E-state index contributed by atoms with van der Waals surface area (Å²) < 4.78 is 5.63. The van der Waals surface area contributed by atoms with Gasteiger partial charge in [0, 0.05) is 31.7 Å². The highest BCUT2D eigenvalue weighted by Gasteiger charge is 2.38. The normalized spacial score (nSPS) is 24.1. The van der Waals surface area contributed by atoms with E-state index in [1.165, 1.54) is 0 Å². The number of carbonyl (C=O) groups is 1. The minimum atomic E-state index is 0.157. The van der Waals surface area contributed by atoms with Crippen LogP contribution in [0.5, 0.6) is 5.75 Å². The maximum atomic E-state index is 12.5. The Morgan fingerprint density at radius 2 is 1.90 bits per heavy atom. The Balaban J connectivity index is 1.57. The second-order valence-electron chi connectivity index (χ2n) is 6.11. The Kier molecular flexibility index (Phi) is 4.44. The van der Waals surface area contributed by atoms with Gasteiger partial charge in [-0.05, 0) is 42.5 Å². The van der Waals surface area contributed by atoms with Crippen molar-refractivity contribution in [2.24, 2.45) is 11.8 Å². The van der Waals surface area contributed by atoms with E-state index in [9.17, 15) is 4.79 Å². The number of nitrogens with one attached hydrogen (secondary N) is 1. The van der Waals surface area contributed by atoms with Crippen LogP contribution in [0.4, 0.5) is 0 Å². The van der Waals surface area contributed by atoms with E-state index in [1.54, 1.807) is 0 Å². The highest BCUT2D eigenvalue weighted by molar-refractivity contribution is 5.94. The van der Waals surface area contributed by atoms with Crippen LogP contribution in [0.3, 0.4) is 0 Å². The van der Waals surface area contributed by atoms with Gasteiger partial charge in [0.15, 0.2) is 0 Å². The van der Waals surface area contributed by atoms with Crippen molar-refractivity contribution in [3.05, 3.63) is 29.8 Å². The molecule has 2 aliphatic heterocycles. The minimum absolute atomic E-state index is 0.157. The minimum Gasteiger partial charge on any atom is -0.494 e. The molecule has 2 fully saturated rings. The standard InChI is InChI=1S/C17H24N2O2/c1-2-3-8-21-16-6-4-13(5-7-16)17(20)19-11-14-9-18-10-15(14)12-19/h4-7,14-15,18H,2-3,8-12H2,1H3/t14-,15+. The Bertz CT molecular complexity index is 474. The summed E-state index contributed by atoms with van der Waals surface area (Å²) in [6.07, 6.45) is 2.19. The maximum Gasteiger partial charge on any atom is 0.253 e. The van der Waals surface area contributed by atoms with Gasteiger partial charge in [0.25, 0.3) is 5.91 Å². The van der Waals surface area contributed by atoms with Gasteiger partial charge in [0.1, 0.15) is 5.75 Å². The third-order valence-corrected chi connectivity index (χ3v) is 4.54. The summed E-state index contributed by atoms with van der Waals surface area (Å²) in [4.78, 5) is 14.5. The van der Waals surface area contributed by atoms with Crippen molar-refractivity contribution in [1.29, 1.82) is 0 Å². The van der Waals surface area contributed by atoms with Crippen LogP contribution in [-0.4, -0.2) is 43.6 Å². The molecule has 21 heavy (non-hydrogen) atoms. The van der Waals surface area contributed by atoms with E-state index in [2.05, 4.69) is 12.2 Å². The number of benzene rings is 1. The molecule has 1 aromatic carbocycles. The highest BCUT2D eigenvalue weighted by atomic mass is 16.5. The van der Waals surface area contributed by atoms with Crippen LogP contribution in [0.25, 0.3) is 0 Å². The van der Waals surface area contributed by atoms with Crippen molar-refractivity contribution in [1.82, 2.24) is 10.2 Å². The third kappa shape index (κ3) is 3.21. The summed E-state index contributed by atoms with van der Waals surface area (Å²) in [5.41, 5.74) is 0.769. The van der Waals surface area contributed by atoms with Gasteiger partial charge in [0.2, 0.25) is 0 Å². The lowest BCUT2D eigenvalue weighted by Gasteiger charge is -2.17. The van der Waals surface area contributed by atoms with Crippen LogP contribution < -0.4 is 10.1 Å². The van der Waals surface area contributed by atoms with Gasteiger partial charge in [-0.25, -0.2) is 0 Å². The summed E-state index contributed by atoms with van der Waals surface area (Å²) in [5, 5.41) is 3.40. The fourth-order valence-electron chi connectivity index (χ4n) is 3.23. The highest BCUT2D eigenvalue weighted by Crippen LogP contribution is 2.27. The number of likely N-dealkylation sites (tertiary alicyclic amines) is 1. The van der Waals surface area contributed by atoms with Crippen LogP contribution in [0.2, 0.25) is 0 Å². The molecule has 1 aromatic rings. The Morgan fingerprint density at radius 3 is 2.52 bits per heavy atom. The molecule has 0 aliphatic carbocycles. The van der Waals surface area contributed by atoms with Crippen molar-refractivity contribution in [3.8, 4) is 5.75 Å². The van der Waals surface area contributed by atoms with Crippen LogP contribution in [0.15, 0.2) is 24.3 Å². The molecule has 2 saturated heterocycles. The van der Waals surface area contributed by atoms with Crippen LogP contribution >= 0.6 is 0 Å². The molecule has 4 heteroatoms. The number of fused-ring (bicyclic) bond motifs is 1. The lowest BCUT2D eigenvalue weighted by molar-refractivity contribution is 0.0781. The zero-order valence-electron chi connectivity index (χ0n) is 12.7. The molecule has 2 heterocycles. The van der Waals surface area contributed by atoms with E-state index in [-0.39, 0.29) is 5.91 Å². The second-order valence-corrected chi connectivity index (χ2v) is 6.11. The predicted octanol–water partition coefficient (Wildman–Crippen LogP) is 2.16. The smallest absolute Gasteiger partial charge is 0.253 e. The molecule has 0 aromatic heterocycles. The van der Waals surface area contributed by atoms with E-state index in [1.807, 2.05) is 29.2 Å². The molecule has 0 radical (unpaired) electrons. The molecule has 0 spiro atoms. The molecule has 2 atom stereocenters. The second kappa shape index (κ2) is 6.48. The molecule has 2 aliphatic rings. The summed E-state index contributed by atoms with van der Waals surface area (Å²) in [7, 11) is 0. The Morgan fingerprint density at radius 1 is 1.24 bits per heavy atom. The molecule has 1 N–H and O–H groups in total. The van der Waals surface area contributed by atoms with E-state index in [4.69, 9.17) is 4.74 Å². The molecule has 1 amide bonds. The molecule has 0 saturated carbocycles. The molecule has 4 nitrogen and oxygen atoms in total. The van der Waals surface area contributed by atoms with Crippen molar-refractivity contribution < 1.29 is 9.53 Å². The van der Waals surface area contributed by atoms with E-state index < -0.39 is 0 Å². The fourth-order valence-corrected chi connectivity index (χ4v) is 3.23. The average molecular weight is 288 g/mol. The number of carbonyl (C=O) groups excluding carboxylic acids is 1. The first-order valence-electron chi connectivity index (χ1n) is 8.00. The first-order chi connectivity index (χ1) is 10.3. The fraction of sp³-hybridized carbons (Fsp3) is 0.588. The van der Waals surface area contributed by atoms with Crippen molar-refractivity contribution in [2.45, 2.75) is 19.8 Å². The number of ether oxygens (including phenoxy) is 1. The van der Waals surface area contributed by atoms with Crippen LogP contribution in [0, 0.1) is 11.8 Å². The molecular weight excluding hydrogens is 264 g/mol. The van der Waals surface area contributed by atoms with Crippen molar-refractivity contribution in [3.63, 3.8) is 0 Å². The number of unbranched alkanes of at least 4 members (excludes halogenated alkanes) is 1. The summed E-state index contributed by atoms with van der Waals surface area (Å²) >= 11 is 0. The molecular formula is C17H24N2O2. The van der Waals surface area contributed by atoms with Crippen LogP contribution in [-0.2, 0) is 0 Å². The molecule has 0 bridgehead atoms. The van der Waals surface area contributed by atoms with Gasteiger partial charge in [0.05, 0.1) is 6.61 Å². The van der Waals surface area contributed by atoms with E-state index >= 15 is 0 Å². The molecule has 114 valence electrons. The SMILES string of the molecule is CCCCOc1ccc(C(=O)N2C[C@H]3CNC[C@H]3C2)cc1. The Hall–Kier alpha value is -1.55. The third-order valence-electron chi connectivity index (χ3n) is 4.54. The average Bonchev–Trinajstić information content (AvgIpc) is 3.09. The van der Waals surface area contributed by atoms with Gasteiger partial charge < -0.3 is 15.0 Å². The van der Waals surface area contributed by atoms with Crippen molar-refractivity contribution in [2.75, 3.05) is 32.8 Å². The van der Waals surface area contributed by atoms with Gasteiger partial charge in [-0.2, -0.15) is 0 Å². The zero-order chi connectivity index (χ0) is 14.7. The van der Waals surface area contributed by atoms with Gasteiger partial charge in [-0.1, -0.05) is 13.3 Å². The number of rotatable bonds is 5. The van der Waals surface area contributed by atoms with E-state index in [0.29, 0.717) is 11.8 Å². The van der Waals surface area contributed by atoms with Crippen molar-refractivity contribution >= 4 is 5.91 Å². The first kappa shape index (κ1) is 14.4.